The minimum atomic E-state index is -0.555. The van der Waals surface area contributed by atoms with Gasteiger partial charge in [-0.25, -0.2) is 0 Å². The molecule has 4 saturated carbocycles. The molecule has 0 radical (unpaired) electrons. The van der Waals surface area contributed by atoms with E-state index in [1.165, 1.54) is 12.8 Å². The molecule has 0 aromatic heterocycles. The van der Waals surface area contributed by atoms with E-state index in [9.17, 15) is 10.2 Å². The lowest BCUT2D eigenvalue weighted by Crippen LogP contribution is -2.62. The normalized spacial score (nSPS) is 48.2. The summed E-state index contributed by atoms with van der Waals surface area (Å²) in [5.74, 6) is 2.06. The second-order valence-corrected chi connectivity index (χ2v) is 11.0. The molecule has 0 unspecified atom stereocenters. The minimum absolute atomic E-state index is 0.0407. The van der Waals surface area contributed by atoms with E-state index in [-0.39, 0.29) is 11.5 Å². The number of hydrogen-bond acceptors (Lipinski definition) is 3. The van der Waals surface area contributed by atoms with Crippen LogP contribution in [0, 0.1) is 34.5 Å². The lowest BCUT2D eigenvalue weighted by molar-refractivity contribution is -0.207. The van der Waals surface area contributed by atoms with Crippen molar-refractivity contribution in [3.8, 4) is 0 Å². The summed E-state index contributed by atoms with van der Waals surface area (Å²) in [4.78, 5) is 2.78. The Balaban J connectivity index is 1.48. The monoisotopic (exact) mass is 413 g/mol. The van der Waals surface area contributed by atoms with Crippen LogP contribution < -0.4 is 0 Å². The number of hydrogen-bond donors (Lipinski definition) is 2. The second-order valence-electron chi connectivity index (χ2n) is 11.0. The number of aliphatic hydroxyl groups excluding tert-OH is 1. The van der Waals surface area contributed by atoms with E-state index < -0.39 is 5.60 Å². The van der Waals surface area contributed by atoms with Gasteiger partial charge in [-0.15, -0.1) is 0 Å². The van der Waals surface area contributed by atoms with Gasteiger partial charge in [0.05, 0.1) is 11.7 Å². The van der Waals surface area contributed by atoms with Gasteiger partial charge in [0, 0.05) is 16.9 Å². The minimum Gasteiger partial charge on any atom is -0.393 e. The lowest BCUT2D eigenvalue weighted by Gasteiger charge is -2.63. The molecule has 4 rings (SSSR count). The maximum atomic E-state index is 12.1. The van der Waals surface area contributed by atoms with Crippen LogP contribution in [0.2, 0.25) is 0 Å². The third kappa shape index (κ3) is 3.43. The fourth-order valence-electron chi connectivity index (χ4n) is 8.10. The van der Waals surface area contributed by atoms with Crippen LogP contribution in [0.5, 0.6) is 0 Å². The van der Waals surface area contributed by atoms with Crippen LogP contribution in [0.1, 0.15) is 78.1 Å². The van der Waals surface area contributed by atoms with Crippen LogP contribution in [-0.2, 0) is 0 Å². The molecule has 166 valence electrons. The van der Waals surface area contributed by atoms with Crippen molar-refractivity contribution >= 4 is 0 Å². The average molecular weight is 414 g/mol. The molecular weight excluding hydrogens is 374 g/mol. The predicted octanol–water partition coefficient (Wildman–Crippen LogP) is 5.93. The summed E-state index contributed by atoms with van der Waals surface area (Å²) in [5, 5.41) is 25.9. The zero-order chi connectivity index (χ0) is 21.4. The van der Waals surface area contributed by atoms with E-state index in [0.717, 1.165) is 51.4 Å². The number of nitrogens with zero attached hydrogens (tertiary/aromatic N) is 3. The average Bonchev–Trinajstić information content (AvgIpc) is 2.99. The summed E-state index contributed by atoms with van der Waals surface area (Å²) in [6.07, 6.45) is 18.8. The topological polar surface area (TPSA) is 89.2 Å². The first-order valence-electron chi connectivity index (χ1n) is 12.1. The Kier molecular flexibility index (Phi) is 6.09. The molecule has 0 aromatic carbocycles. The summed E-state index contributed by atoms with van der Waals surface area (Å²) in [7, 11) is 0. The van der Waals surface area contributed by atoms with Crippen molar-refractivity contribution in [1.29, 1.82) is 0 Å². The Morgan fingerprint density at radius 1 is 1.03 bits per heavy atom. The quantitative estimate of drug-likeness (QED) is 0.192. The molecular formula is C25H39N3O2. The molecule has 0 amide bonds. The Hall–Kier alpha value is -1.29. The number of rotatable bonds is 5. The van der Waals surface area contributed by atoms with Crippen LogP contribution in [0.25, 0.3) is 10.4 Å². The smallest absolute Gasteiger partial charge is 0.0737 e. The van der Waals surface area contributed by atoms with Gasteiger partial charge >= 0.3 is 0 Å². The summed E-state index contributed by atoms with van der Waals surface area (Å²) >= 11 is 0. The zero-order valence-corrected chi connectivity index (χ0v) is 18.7. The van der Waals surface area contributed by atoms with Gasteiger partial charge in [0.15, 0.2) is 0 Å². The maximum Gasteiger partial charge on any atom is 0.0737 e. The Labute approximate surface area is 181 Å². The molecule has 0 aliphatic heterocycles. The van der Waals surface area contributed by atoms with Crippen molar-refractivity contribution in [2.24, 2.45) is 39.6 Å². The van der Waals surface area contributed by atoms with Gasteiger partial charge in [-0.3, -0.25) is 0 Å². The molecule has 8 atom stereocenters. The van der Waals surface area contributed by atoms with Crippen molar-refractivity contribution in [2.45, 2.75) is 89.8 Å². The fraction of sp³-hybridized carbons (Fsp3) is 0.840. The highest BCUT2D eigenvalue weighted by molar-refractivity contribution is 5.20. The number of fused-ring (bicyclic) bond motifs is 5. The van der Waals surface area contributed by atoms with Gasteiger partial charge in [0.25, 0.3) is 0 Å². The summed E-state index contributed by atoms with van der Waals surface area (Å²) in [5.41, 5.74) is 8.03. The molecule has 0 aromatic rings. The Bertz CT molecular complexity index is 745. The number of azide groups is 1. The van der Waals surface area contributed by atoms with Crippen molar-refractivity contribution in [3.63, 3.8) is 0 Å². The maximum absolute atomic E-state index is 12.1. The van der Waals surface area contributed by atoms with E-state index in [4.69, 9.17) is 5.53 Å². The first kappa shape index (κ1) is 21.9. The van der Waals surface area contributed by atoms with Crippen molar-refractivity contribution < 1.29 is 10.2 Å². The Morgan fingerprint density at radius 3 is 2.67 bits per heavy atom. The van der Waals surface area contributed by atoms with Crippen molar-refractivity contribution in [3.05, 3.63) is 34.7 Å². The van der Waals surface area contributed by atoms with E-state index in [1.54, 1.807) is 0 Å². The molecule has 4 fully saturated rings. The second kappa shape index (κ2) is 8.33. The molecule has 30 heavy (non-hydrogen) atoms. The summed E-state index contributed by atoms with van der Waals surface area (Å²) in [6.45, 7) is 5.32. The largest absolute Gasteiger partial charge is 0.393 e. The van der Waals surface area contributed by atoms with Gasteiger partial charge < -0.3 is 10.2 Å². The van der Waals surface area contributed by atoms with E-state index in [0.29, 0.717) is 35.6 Å². The van der Waals surface area contributed by atoms with E-state index in [1.807, 2.05) is 6.08 Å². The van der Waals surface area contributed by atoms with Gasteiger partial charge in [-0.05, 0) is 98.8 Å². The summed E-state index contributed by atoms with van der Waals surface area (Å²) < 4.78 is 0. The SMILES string of the molecule is C[C@]12CC[C@H](O)C[C@H]1CC[C@@H]1[C@@H]2CC[C@]2(C)[C@@H](/C=C/C=C/CCN=[N+]=[N-])CC[C@]12O. The molecule has 0 spiro atoms. The van der Waals surface area contributed by atoms with Crippen LogP contribution in [0.4, 0.5) is 0 Å². The van der Waals surface area contributed by atoms with Gasteiger partial charge in [0.1, 0.15) is 0 Å². The van der Waals surface area contributed by atoms with Crippen LogP contribution in [0.3, 0.4) is 0 Å². The highest BCUT2D eigenvalue weighted by Gasteiger charge is 2.66. The molecule has 5 nitrogen and oxygen atoms in total. The molecule has 4 aliphatic carbocycles. The van der Waals surface area contributed by atoms with Crippen LogP contribution in [-0.4, -0.2) is 28.5 Å². The lowest BCUT2D eigenvalue weighted by atomic mass is 9.43. The molecule has 0 saturated heterocycles. The molecule has 5 heteroatoms. The van der Waals surface area contributed by atoms with Crippen LogP contribution in [0.15, 0.2) is 29.4 Å². The molecule has 4 aliphatic rings. The van der Waals surface area contributed by atoms with Gasteiger partial charge in [0.2, 0.25) is 0 Å². The van der Waals surface area contributed by atoms with E-state index in [2.05, 4.69) is 42.1 Å². The third-order valence-corrected chi connectivity index (χ3v) is 9.95. The molecule has 2 N–H and O–H groups in total. The number of allylic oxidation sites excluding steroid dienone is 3. The first-order valence-corrected chi connectivity index (χ1v) is 12.1. The van der Waals surface area contributed by atoms with Gasteiger partial charge in [-0.1, -0.05) is 43.3 Å². The number of aliphatic hydroxyl groups is 2. The summed E-state index contributed by atoms with van der Waals surface area (Å²) in [6, 6.07) is 0. The highest BCUT2D eigenvalue weighted by atomic mass is 16.3. The van der Waals surface area contributed by atoms with Gasteiger partial charge in [-0.2, -0.15) is 0 Å². The zero-order valence-electron chi connectivity index (χ0n) is 18.7. The first-order chi connectivity index (χ1) is 14.3. The van der Waals surface area contributed by atoms with E-state index >= 15 is 0 Å². The predicted molar refractivity (Wildman–Crippen MR) is 120 cm³/mol. The molecule has 0 bridgehead atoms. The highest BCUT2D eigenvalue weighted by Crippen LogP contribution is 2.69. The van der Waals surface area contributed by atoms with Crippen LogP contribution >= 0.6 is 0 Å². The Morgan fingerprint density at radius 2 is 1.87 bits per heavy atom. The van der Waals surface area contributed by atoms with Crippen molar-refractivity contribution in [1.82, 2.24) is 0 Å². The standard InChI is InChI=1S/C25H39N3O2/c1-23-13-11-20(29)17-19(23)8-9-22-21(23)12-14-24(2)18(10-15-25(22,24)30)7-5-3-4-6-16-27-28-26/h3-5,7,18-22,29-30H,6,8-17H2,1-2H3/b4-3+,7-5+/t18-,19+,20-,21-,22+,23-,24+,25-/m0/s1. The van der Waals surface area contributed by atoms with Crippen molar-refractivity contribution in [2.75, 3.05) is 6.54 Å². The fourth-order valence-corrected chi connectivity index (χ4v) is 8.10. The third-order valence-electron chi connectivity index (χ3n) is 9.95. The molecule has 0 heterocycles.